The highest BCUT2D eigenvalue weighted by atomic mass is 79.9. The van der Waals surface area contributed by atoms with Crippen molar-refractivity contribution in [3.8, 4) is 34.5 Å². The van der Waals surface area contributed by atoms with Gasteiger partial charge in [0, 0.05) is 53.7 Å². The number of likely N-dealkylation sites (tertiary alicyclic amines) is 1. The molecule has 5 N–H and O–H groups in total. The molecule has 438 valence electrons. The van der Waals surface area contributed by atoms with Crippen molar-refractivity contribution in [3.05, 3.63) is 53.1 Å². The van der Waals surface area contributed by atoms with Gasteiger partial charge in [-0.05, 0) is 103 Å². The molecule has 0 aliphatic carbocycles. The zero-order valence-electron chi connectivity index (χ0n) is 45.3. The molecule has 21 nitrogen and oxygen atoms in total. The fourth-order valence-corrected chi connectivity index (χ4v) is 8.06. The summed E-state index contributed by atoms with van der Waals surface area (Å²) in [4.78, 5) is 93.3. The second kappa shape index (κ2) is 37.0. The molecule has 79 heavy (non-hydrogen) atoms. The molecule has 3 aromatic carbocycles. The zero-order valence-corrected chi connectivity index (χ0v) is 48.3. The number of halogens is 4. The number of ketones is 3. The minimum absolute atomic E-state index is 0. The Labute approximate surface area is 483 Å². The quantitative estimate of drug-likeness (QED) is 0.0414. The summed E-state index contributed by atoms with van der Waals surface area (Å²) in [5.41, 5.74) is 8.23. The van der Waals surface area contributed by atoms with Gasteiger partial charge >= 0.3 is 11.9 Å². The van der Waals surface area contributed by atoms with Crippen LogP contribution in [-0.4, -0.2) is 155 Å². The van der Waals surface area contributed by atoms with Crippen LogP contribution in [0.1, 0.15) is 100 Å². The summed E-state index contributed by atoms with van der Waals surface area (Å²) in [7, 11) is -1.00. The first-order valence-corrected chi connectivity index (χ1v) is 27.5. The lowest BCUT2D eigenvalue weighted by molar-refractivity contribution is -0.150. The van der Waals surface area contributed by atoms with Gasteiger partial charge in [-0.2, -0.15) is 0 Å². The lowest BCUT2D eigenvalue weighted by Gasteiger charge is -2.31. The van der Waals surface area contributed by atoms with E-state index in [2.05, 4.69) is 47.8 Å². The number of nitrogens with two attached hydrogens (primary N) is 1. The summed E-state index contributed by atoms with van der Waals surface area (Å²) in [5, 5.41) is 8.68. The molecule has 2 unspecified atom stereocenters. The number of nitrogen functional groups attached to an aromatic ring is 1. The molecular formula is C54H73Br2ClFN5O16. The van der Waals surface area contributed by atoms with Crippen LogP contribution in [0.2, 0.25) is 0 Å². The first-order chi connectivity index (χ1) is 37.8. The van der Waals surface area contributed by atoms with Gasteiger partial charge in [-0.15, -0.1) is 0 Å². The number of amides is 2. The summed E-state index contributed by atoms with van der Waals surface area (Å²) in [6.45, 7) is 14.8. The van der Waals surface area contributed by atoms with Crippen LogP contribution in [0, 0.1) is 11.8 Å². The summed E-state index contributed by atoms with van der Waals surface area (Å²) in [5.74, 6) is 2.07. The number of fused-ring (bicyclic) bond motifs is 3. The van der Waals surface area contributed by atoms with E-state index in [1.807, 2.05) is 11.8 Å². The third kappa shape index (κ3) is 23.3. The highest BCUT2D eigenvalue weighted by molar-refractivity contribution is 9.09. The number of carbonyl (C=O) groups excluding carboxylic acids is 8. The fraction of sp³-hybridized carbons (Fsp3) is 0.519. The summed E-state index contributed by atoms with van der Waals surface area (Å²) >= 11 is 10.7. The summed E-state index contributed by atoms with van der Waals surface area (Å²) in [6, 6.07) is 9.70. The Balaban J connectivity index is 0.000000364. The number of esters is 2. The number of nitrogens with one attached hydrogen (secondary N) is 3. The Morgan fingerprint density at radius 1 is 0.671 bits per heavy atom. The molecule has 0 bridgehead atoms. The summed E-state index contributed by atoms with van der Waals surface area (Å²) < 4.78 is 58.0. The van der Waals surface area contributed by atoms with Gasteiger partial charge in [-0.3, -0.25) is 47.6 Å². The number of alkyl halides is 3. The molecule has 2 fully saturated rings. The lowest BCUT2D eigenvalue weighted by Crippen LogP contribution is -2.43. The van der Waals surface area contributed by atoms with Crippen molar-refractivity contribution in [1.29, 1.82) is 0 Å². The lowest BCUT2D eigenvalue weighted by atomic mass is 9.98. The SMILES string of the molecule is C.CC(=O)c1cc2c(cc1N)OCCO2.CC(=O)c1cc2c(cc1NC(=O)CBr)OCCO2.CCOC(=O)C1CCCN(CC(=O)Nc2cc3c(cc2C(C)=O)OCCO3)C1.CCOC(=O)C1CCCNC1.O=C(Cl)CBr.[2H]CF. The van der Waals surface area contributed by atoms with Gasteiger partial charge in [0.05, 0.1) is 62.2 Å². The van der Waals surface area contributed by atoms with Crippen molar-refractivity contribution >= 4 is 107 Å². The fourth-order valence-electron chi connectivity index (χ4n) is 7.92. The van der Waals surface area contributed by atoms with Crippen LogP contribution in [0.15, 0.2) is 36.4 Å². The average molecular weight is 1260 g/mol. The van der Waals surface area contributed by atoms with Crippen LogP contribution in [0.3, 0.4) is 0 Å². The Hall–Kier alpha value is -6.08. The number of ether oxygens (including phenoxy) is 8. The number of piperidine rings is 2. The highest BCUT2D eigenvalue weighted by Gasteiger charge is 2.29. The molecular weight excluding hydrogens is 1190 g/mol. The van der Waals surface area contributed by atoms with E-state index in [1.54, 1.807) is 43.3 Å². The van der Waals surface area contributed by atoms with E-state index < -0.39 is 7.15 Å². The maximum atomic E-state index is 12.6. The van der Waals surface area contributed by atoms with Gasteiger partial charge in [0.1, 0.15) is 39.6 Å². The van der Waals surface area contributed by atoms with E-state index in [0.717, 1.165) is 45.3 Å². The van der Waals surface area contributed by atoms with Crippen LogP contribution in [0.4, 0.5) is 21.5 Å². The number of hydrogen-bond donors (Lipinski definition) is 4. The van der Waals surface area contributed by atoms with Gasteiger partial charge in [0.25, 0.3) is 0 Å². The second-order valence-corrected chi connectivity index (χ2v) is 18.7. The zero-order chi connectivity index (χ0) is 58.4. The molecule has 0 aromatic heterocycles. The normalized spacial score (nSPS) is 16.3. The molecule has 8 rings (SSSR count). The van der Waals surface area contributed by atoms with Gasteiger partial charge in [-0.1, -0.05) is 39.3 Å². The van der Waals surface area contributed by atoms with E-state index in [4.69, 9.17) is 56.6 Å². The van der Waals surface area contributed by atoms with Gasteiger partial charge in [-0.25, -0.2) is 0 Å². The molecule has 25 heteroatoms. The molecule has 5 aliphatic rings. The van der Waals surface area contributed by atoms with Crippen LogP contribution < -0.4 is 50.1 Å². The van der Waals surface area contributed by atoms with Crippen molar-refractivity contribution < 1.29 is 82.0 Å². The van der Waals surface area contributed by atoms with Crippen molar-refractivity contribution in [2.24, 2.45) is 11.8 Å². The molecule has 2 amide bonds. The Kier molecular flexibility index (Phi) is 31.4. The van der Waals surface area contributed by atoms with Crippen molar-refractivity contribution in [3.63, 3.8) is 0 Å². The maximum Gasteiger partial charge on any atom is 0.310 e. The Morgan fingerprint density at radius 2 is 1.06 bits per heavy atom. The first kappa shape index (κ1) is 67.2. The van der Waals surface area contributed by atoms with Crippen molar-refractivity contribution in [2.75, 3.05) is 120 Å². The molecule has 5 heterocycles. The van der Waals surface area contributed by atoms with Crippen molar-refractivity contribution in [1.82, 2.24) is 10.2 Å². The molecule has 0 saturated carbocycles. The largest absolute Gasteiger partial charge is 0.486 e. The van der Waals surface area contributed by atoms with Gasteiger partial charge in [0.15, 0.2) is 51.8 Å². The minimum atomic E-state index is -1.00. The highest BCUT2D eigenvalue weighted by Crippen LogP contribution is 2.38. The van der Waals surface area contributed by atoms with E-state index in [1.165, 1.54) is 20.8 Å². The number of nitrogens with zero attached hydrogens (tertiary/aromatic N) is 1. The Bertz CT molecular complexity index is 2560. The number of rotatable bonds is 13. The first-order valence-electron chi connectivity index (χ1n) is 25.6. The topological polar surface area (TPSA) is 276 Å². The molecule has 5 aliphatic heterocycles. The standard InChI is InChI=1S/C20H26N2O6.C12H12BrNO4.C10H11NO3.C8H15NO2.C2H2BrClO.CH3F.CH4/c1-3-26-20(25)14-5-4-6-22(11-14)12-19(24)21-16-10-18-17(27-7-8-28-18)9-15(16)13(2)23;1-7(15)8-4-10-11(18-3-2-17-10)5-9(8)14-12(16)6-13;1-6(12)7-4-9-10(5-8(7)11)14-3-2-13-9;1-2-11-8(10)7-4-3-5-9-6-7;3-1-2(4)5;1-2;/h9-10,14H,3-8,11-12H2,1-2H3,(H,21,24);4-5H,2-3,6H2,1H3,(H,14,16);4-5H,2-3,11H2,1H3;7,9H,2-6H2,1H3;1H2;1H3;1H4/i;;;;;1D;. The van der Waals surface area contributed by atoms with Gasteiger partial charge < -0.3 is 59.6 Å². The number of benzene rings is 3. The number of carbonyl (C=O) groups is 8. The van der Waals surface area contributed by atoms with Crippen LogP contribution in [0.5, 0.6) is 34.5 Å². The molecule has 2 atom stereocenters. The molecule has 0 spiro atoms. The second-order valence-electron chi connectivity index (χ2n) is 17.2. The predicted octanol–water partition coefficient (Wildman–Crippen LogP) is 8.03. The van der Waals surface area contributed by atoms with Crippen LogP contribution in [-0.2, 0) is 33.4 Å². The smallest absolute Gasteiger partial charge is 0.310 e. The molecule has 2 saturated heterocycles. The average Bonchev–Trinajstić information content (AvgIpc) is 3.43. The minimum Gasteiger partial charge on any atom is -0.486 e. The van der Waals surface area contributed by atoms with E-state index in [-0.39, 0.29) is 82.8 Å². The predicted molar refractivity (Wildman–Crippen MR) is 304 cm³/mol. The van der Waals surface area contributed by atoms with E-state index in [0.29, 0.717) is 128 Å². The van der Waals surface area contributed by atoms with Crippen LogP contribution in [0.25, 0.3) is 0 Å². The monoisotopic (exact) mass is 1260 g/mol. The Morgan fingerprint density at radius 3 is 1.46 bits per heavy atom. The third-order valence-corrected chi connectivity index (χ3v) is 12.9. The van der Waals surface area contributed by atoms with Crippen LogP contribution >= 0.6 is 43.5 Å². The van der Waals surface area contributed by atoms with Crippen molar-refractivity contribution in [2.45, 2.75) is 67.7 Å². The molecule has 3 aromatic rings. The number of Topliss-reactive ketones (excluding diaryl/α,β-unsaturated/α-hetero) is 3. The van der Waals surface area contributed by atoms with E-state index in [9.17, 15) is 42.7 Å². The third-order valence-electron chi connectivity index (χ3n) is 11.4. The number of hydrogen-bond acceptors (Lipinski definition) is 19. The maximum absolute atomic E-state index is 12.6. The summed E-state index contributed by atoms with van der Waals surface area (Å²) in [6.07, 6.45) is 3.67. The number of anilines is 3. The van der Waals surface area contributed by atoms with Gasteiger partial charge in [0.2, 0.25) is 17.1 Å². The van der Waals surface area contributed by atoms with E-state index >= 15 is 0 Å². The molecule has 0 radical (unpaired) electrons.